The summed E-state index contributed by atoms with van der Waals surface area (Å²) in [5.74, 6) is 0. The number of H-pyrrole nitrogens is 1. The van der Waals surface area contributed by atoms with Crippen molar-refractivity contribution in [3.05, 3.63) is 82.5 Å². The van der Waals surface area contributed by atoms with Crippen molar-refractivity contribution in [2.75, 3.05) is 0 Å². The van der Waals surface area contributed by atoms with Gasteiger partial charge < -0.3 is 15.7 Å². The standard InChI is InChI=1S/C20H15N5/c21-19-10-18-9-16-4-3-14(23-16)7-12-1-2-13(22-12)8-15-5-6-17(24-15)11-20(19)25-18/h1-11,20-22,25H. The van der Waals surface area contributed by atoms with Crippen molar-refractivity contribution in [3.8, 4) is 0 Å². The van der Waals surface area contributed by atoms with Crippen LogP contribution in [0.15, 0.2) is 81.7 Å². The van der Waals surface area contributed by atoms with Crippen LogP contribution in [0.3, 0.4) is 0 Å². The fraction of sp³-hybridized carbons (Fsp3) is 0.0500. The first kappa shape index (κ1) is 13.9. The van der Waals surface area contributed by atoms with Gasteiger partial charge in [-0.25, -0.2) is 9.98 Å². The van der Waals surface area contributed by atoms with Crippen LogP contribution in [0.4, 0.5) is 0 Å². The Morgan fingerprint density at radius 3 is 2.24 bits per heavy atom. The highest BCUT2D eigenvalue weighted by atomic mass is 15.0. The Hall–Kier alpha value is -3.47. The van der Waals surface area contributed by atoms with Crippen LogP contribution in [0.2, 0.25) is 0 Å². The fourth-order valence-electron chi connectivity index (χ4n) is 3.14. The normalized spacial score (nSPS) is 23.1. The molecule has 0 saturated heterocycles. The van der Waals surface area contributed by atoms with Gasteiger partial charge in [0.15, 0.2) is 0 Å². The van der Waals surface area contributed by atoms with E-state index >= 15 is 0 Å². The zero-order valence-electron chi connectivity index (χ0n) is 13.3. The Balaban J connectivity index is 1.67. The largest absolute Gasteiger partial charge is 0.373 e. The molecular weight excluding hydrogens is 310 g/mol. The van der Waals surface area contributed by atoms with Crippen LogP contribution in [0.25, 0.3) is 12.2 Å². The second-order valence-corrected chi connectivity index (χ2v) is 6.24. The van der Waals surface area contributed by atoms with E-state index in [4.69, 9.17) is 5.41 Å². The molecule has 0 aliphatic carbocycles. The first-order chi connectivity index (χ1) is 12.2. The Labute approximate surface area is 144 Å². The predicted octanol–water partition coefficient (Wildman–Crippen LogP) is 1.25. The molecule has 0 aromatic carbocycles. The Kier molecular flexibility index (Phi) is 2.94. The zero-order valence-corrected chi connectivity index (χ0v) is 13.3. The molecule has 1 unspecified atom stereocenters. The van der Waals surface area contributed by atoms with Gasteiger partial charge in [-0.05, 0) is 66.8 Å². The first-order valence-electron chi connectivity index (χ1n) is 8.14. The van der Waals surface area contributed by atoms with Gasteiger partial charge in [0.1, 0.15) is 0 Å². The van der Waals surface area contributed by atoms with Crippen molar-refractivity contribution in [1.29, 1.82) is 5.41 Å². The van der Waals surface area contributed by atoms with E-state index in [1.807, 2.05) is 66.8 Å². The summed E-state index contributed by atoms with van der Waals surface area (Å²) in [4.78, 5) is 12.6. The van der Waals surface area contributed by atoms with E-state index in [9.17, 15) is 0 Å². The molecule has 5 nitrogen and oxygen atoms in total. The van der Waals surface area contributed by atoms with Crippen molar-refractivity contribution < 1.29 is 0 Å². The monoisotopic (exact) mass is 325 g/mol. The van der Waals surface area contributed by atoms with Gasteiger partial charge in [-0.15, -0.1) is 0 Å². The van der Waals surface area contributed by atoms with Crippen LogP contribution < -0.4 is 16.0 Å². The molecule has 0 radical (unpaired) electrons. The summed E-state index contributed by atoms with van der Waals surface area (Å²) in [7, 11) is 0. The summed E-state index contributed by atoms with van der Waals surface area (Å²) in [5.41, 5.74) is 4.95. The van der Waals surface area contributed by atoms with Crippen molar-refractivity contribution in [3.63, 3.8) is 0 Å². The molecule has 4 aliphatic heterocycles. The van der Waals surface area contributed by atoms with E-state index in [0.717, 1.165) is 39.2 Å². The summed E-state index contributed by atoms with van der Waals surface area (Å²) in [5, 5.41) is 13.5. The van der Waals surface area contributed by atoms with Gasteiger partial charge in [0.05, 0.1) is 34.6 Å². The quantitative estimate of drug-likeness (QED) is 0.660. The highest BCUT2D eigenvalue weighted by Gasteiger charge is 2.20. The summed E-state index contributed by atoms with van der Waals surface area (Å²) in [6.07, 6.45) is 17.7. The number of allylic oxidation sites excluding steroid dienone is 5. The number of hydrogen-bond donors (Lipinski definition) is 3. The van der Waals surface area contributed by atoms with Crippen molar-refractivity contribution in [2.45, 2.75) is 6.04 Å². The van der Waals surface area contributed by atoms with E-state index in [2.05, 4.69) is 20.3 Å². The molecule has 0 spiro atoms. The highest BCUT2D eigenvalue weighted by Crippen LogP contribution is 2.18. The van der Waals surface area contributed by atoms with Crippen LogP contribution >= 0.6 is 0 Å². The summed E-state index contributed by atoms with van der Waals surface area (Å²) in [6.45, 7) is 0. The van der Waals surface area contributed by atoms with Gasteiger partial charge in [0.2, 0.25) is 0 Å². The van der Waals surface area contributed by atoms with Crippen LogP contribution in [0.1, 0.15) is 0 Å². The van der Waals surface area contributed by atoms with Crippen LogP contribution in [0.5, 0.6) is 0 Å². The lowest BCUT2D eigenvalue weighted by Gasteiger charge is -2.08. The molecule has 1 aromatic rings. The van der Waals surface area contributed by atoms with Gasteiger partial charge in [0.25, 0.3) is 0 Å². The van der Waals surface area contributed by atoms with Crippen molar-refractivity contribution >= 4 is 29.3 Å². The molecule has 0 amide bonds. The molecule has 0 fully saturated rings. The van der Waals surface area contributed by atoms with Gasteiger partial charge in [-0.3, -0.25) is 0 Å². The average Bonchev–Trinajstić information content (AvgIpc) is 3.33. The number of fused-ring (bicyclic) bond motifs is 6. The number of aromatic nitrogens is 1. The first-order valence-corrected chi connectivity index (χ1v) is 8.14. The topological polar surface area (TPSA) is 76.4 Å². The predicted molar refractivity (Wildman–Crippen MR) is 101 cm³/mol. The van der Waals surface area contributed by atoms with Gasteiger partial charge in [0, 0.05) is 16.4 Å². The lowest BCUT2D eigenvalue weighted by atomic mass is 10.2. The molecule has 5 heterocycles. The number of hydrogen-bond acceptors (Lipinski definition) is 4. The third-order valence-corrected chi connectivity index (χ3v) is 4.31. The molecule has 0 saturated carbocycles. The third-order valence-electron chi connectivity index (χ3n) is 4.31. The van der Waals surface area contributed by atoms with Crippen molar-refractivity contribution in [2.24, 2.45) is 9.98 Å². The van der Waals surface area contributed by atoms with E-state index in [1.54, 1.807) is 0 Å². The minimum absolute atomic E-state index is 0.167. The van der Waals surface area contributed by atoms with E-state index < -0.39 is 0 Å². The fourth-order valence-corrected chi connectivity index (χ4v) is 3.14. The molecule has 5 rings (SSSR count). The number of nitrogens with one attached hydrogen (secondary N) is 3. The van der Waals surface area contributed by atoms with Crippen LogP contribution in [0, 0.1) is 5.41 Å². The molecule has 1 atom stereocenters. The summed E-state index contributed by atoms with van der Waals surface area (Å²) < 4.78 is 0. The number of rotatable bonds is 0. The Bertz CT molecular complexity index is 1130. The maximum absolute atomic E-state index is 8.18. The van der Waals surface area contributed by atoms with Crippen LogP contribution in [-0.4, -0.2) is 28.2 Å². The zero-order chi connectivity index (χ0) is 16.8. The van der Waals surface area contributed by atoms with Gasteiger partial charge in [-0.2, -0.15) is 0 Å². The smallest absolute Gasteiger partial charge is 0.0887 e. The summed E-state index contributed by atoms with van der Waals surface area (Å²) >= 11 is 0. The molecule has 120 valence electrons. The molecule has 1 aromatic heterocycles. The SMILES string of the molecule is N=C1C=C2C=C3C=CC(=N3)C=c3ccc([nH]3)=CC3=NC(=CC1N2)C=C3. The van der Waals surface area contributed by atoms with Gasteiger partial charge >= 0.3 is 0 Å². The van der Waals surface area contributed by atoms with E-state index in [0.29, 0.717) is 5.71 Å². The minimum atomic E-state index is -0.167. The molecular formula is C20H15N5. The number of aromatic amines is 1. The van der Waals surface area contributed by atoms with Crippen molar-refractivity contribution in [1.82, 2.24) is 10.3 Å². The maximum atomic E-state index is 8.18. The minimum Gasteiger partial charge on any atom is -0.373 e. The molecule has 8 bridgehead atoms. The van der Waals surface area contributed by atoms with E-state index in [-0.39, 0.29) is 6.04 Å². The second-order valence-electron chi connectivity index (χ2n) is 6.24. The maximum Gasteiger partial charge on any atom is 0.0887 e. The molecule has 4 aliphatic rings. The molecule has 25 heavy (non-hydrogen) atoms. The van der Waals surface area contributed by atoms with E-state index in [1.165, 1.54) is 0 Å². The van der Waals surface area contributed by atoms with Gasteiger partial charge in [-0.1, -0.05) is 0 Å². The van der Waals surface area contributed by atoms with Crippen LogP contribution in [-0.2, 0) is 0 Å². The number of aliphatic imine (C=N–C) groups is 2. The number of nitrogens with zero attached hydrogens (tertiary/aromatic N) is 2. The Morgan fingerprint density at radius 1 is 0.800 bits per heavy atom. The molecule has 3 N–H and O–H groups in total. The average molecular weight is 325 g/mol. The lowest BCUT2D eigenvalue weighted by Crippen LogP contribution is -2.25. The second kappa shape index (κ2) is 5.27. The lowest BCUT2D eigenvalue weighted by molar-refractivity contribution is 0.862. The third kappa shape index (κ3) is 2.65. The molecule has 5 heteroatoms. The Morgan fingerprint density at radius 2 is 1.48 bits per heavy atom. The highest BCUT2D eigenvalue weighted by molar-refractivity contribution is 6.20. The summed E-state index contributed by atoms with van der Waals surface area (Å²) in [6, 6.07) is 3.90.